The summed E-state index contributed by atoms with van der Waals surface area (Å²) in [5.74, 6) is 1.23. The number of hydrogen-bond acceptors (Lipinski definition) is 6. The van der Waals surface area contributed by atoms with Crippen LogP contribution in [0.1, 0.15) is 23.8 Å². The maximum Gasteiger partial charge on any atom is 0.363 e. The van der Waals surface area contributed by atoms with E-state index in [4.69, 9.17) is 18.6 Å². The number of carbonyl (C=O) groups excluding carboxylic acids is 1. The summed E-state index contributed by atoms with van der Waals surface area (Å²) in [6.45, 7) is 2.80. The maximum atomic E-state index is 12.1. The number of aliphatic imine (C=N–C) groups is 1. The van der Waals surface area contributed by atoms with Crippen LogP contribution in [0.5, 0.6) is 11.5 Å². The zero-order valence-electron chi connectivity index (χ0n) is 16.1. The minimum absolute atomic E-state index is 0.149. The van der Waals surface area contributed by atoms with Crippen molar-refractivity contribution in [1.82, 2.24) is 0 Å². The molecule has 1 aromatic heterocycles. The van der Waals surface area contributed by atoms with Gasteiger partial charge in [0.25, 0.3) is 5.90 Å². The van der Waals surface area contributed by atoms with Gasteiger partial charge in [-0.3, -0.25) is 0 Å². The van der Waals surface area contributed by atoms with Gasteiger partial charge < -0.3 is 18.6 Å². The fourth-order valence-corrected chi connectivity index (χ4v) is 3.08. The molecule has 4 rings (SSSR count). The molecule has 0 radical (unpaired) electrons. The molecule has 2 aromatic carbocycles. The van der Waals surface area contributed by atoms with E-state index in [2.05, 4.69) is 20.9 Å². The number of cyclic esters (lactones) is 1. The fraction of sp³-hybridized carbons (Fsp3) is 0.130. The Morgan fingerprint density at radius 1 is 1.07 bits per heavy atom. The number of esters is 1. The van der Waals surface area contributed by atoms with E-state index >= 15 is 0 Å². The van der Waals surface area contributed by atoms with Crippen LogP contribution in [0.25, 0.3) is 6.08 Å². The van der Waals surface area contributed by atoms with Crippen LogP contribution in [0.3, 0.4) is 0 Å². The Hall–Kier alpha value is -3.32. The molecule has 2 heterocycles. The summed E-state index contributed by atoms with van der Waals surface area (Å²) in [5, 5.41) is 0. The number of rotatable bonds is 7. The third-order valence-electron chi connectivity index (χ3n) is 4.23. The Bertz CT molecular complexity index is 1100. The lowest BCUT2D eigenvalue weighted by Gasteiger charge is -2.13. The molecule has 1 aliphatic rings. The van der Waals surface area contributed by atoms with E-state index in [0.29, 0.717) is 30.5 Å². The lowest BCUT2D eigenvalue weighted by molar-refractivity contribution is -0.130. The van der Waals surface area contributed by atoms with Crippen LogP contribution < -0.4 is 9.47 Å². The topological polar surface area (TPSA) is 70.3 Å². The lowest BCUT2D eigenvalue weighted by Crippen LogP contribution is -2.04. The molecule has 0 bridgehead atoms. The average Bonchev–Trinajstić information content (AvgIpc) is 3.39. The molecule has 7 heteroatoms. The van der Waals surface area contributed by atoms with Crippen molar-refractivity contribution in [2.45, 2.75) is 13.5 Å². The molecular weight excluding hydrogens is 450 g/mol. The average molecular weight is 468 g/mol. The van der Waals surface area contributed by atoms with Crippen molar-refractivity contribution >= 4 is 33.9 Å². The molecular formula is C23H18BrNO5. The number of ether oxygens (including phenoxy) is 3. The first kappa shape index (κ1) is 20.0. The van der Waals surface area contributed by atoms with Gasteiger partial charge in [-0.05, 0) is 60.5 Å². The van der Waals surface area contributed by atoms with Gasteiger partial charge in [0.15, 0.2) is 23.0 Å². The van der Waals surface area contributed by atoms with Gasteiger partial charge in [0.2, 0.25) is 0 Å². The highest BCUT2D eigenvalue weighted by Gasteiger charge is 2.25. The molecule has 6 nitrogen and oxygen atoms in total. The predicted molar refractivity (Wildman–Crippen MR) is 115 cm³/mol. The molecule has 0 saturated heterocycles. The Labute approximate surface area is 181 Å². The van der Waals surface area contributed by atoms with Crippen LogP contribution in [0, 0.1) is 0 Å². The molecule has 0 amide bonds. The molecule has 0 saturated carbocycles. The van der Waals surface area contributed by atoms with Gasteiger partial charge in [0.1, 0.15) is 6.61 Å². The second-order valence-corrected chi connectivity index (χ2v) is 7.28. The second kappa shape index (κ2) is 9.00. The SMILES string of the molecule is CCOc1cc(/C=C2\N=C(c3ccco3)OC2=O)ccc1OCc1ccc(Br)cc1. The van der Waals surface area contributed by atoms with Crippen LogP contribution >= 0.6 is 15.9 Å². The Balaban J connectivity index is 1.54. The van der Waals surface area contributed by atoms with Crippen molar-refractivity contribution in [2.75, 3.05) is 6.61 Å². The van der Waals surface area contributed by atoms with E-state index in [1.807, 2.05) is 43.3 Å². The van der Waals surface area contributed by atoms with Crippen molar-refractivity contribution in [3.8, 4) is 11.5 Å². The van der Waals surface area contributed by atoms with E-state index in [0.717, 1.165) is 15.6 Å². The van der Waals surface area contributed by atoms with Gasteiger partial charge in [0.05, 0.1) is 12.9 Å². The molecule has 0 spiro atoms. The minimum atomic E-state index is -0.532. The van der Waals surface area contributed by atoms with Crippen molar-refractivity contribution < 1.29 is 23.4 Å². The van der Waals surface area contributed by atoms with Crippen molar-refractivity contribution in [1.29, 1.82) is 0 Å². The Morgan fingerprint density at radius 3 is 2.63 bits per heavy atom. The molecule has 0 aliphatic carbocycles. The highest BCUT2D eigenvalue weighted by Crippen LogP contribution is 2.31. The van der Waals surface area contributed by atoms with Crippen molar-refractivity contribution in [2.24, 2.45) is 4.99 Å². The second-order valence-electron chi connectivity index (χ2n) is 6.37. The number of hydrogen-bond donors (Lipinski definition) is 0. The summed E-state index contributed by atoms with van der Waals surface area (Å²) in [5.41, 5.74) is 1.97. The molecule has 0 N–H and O–H groups in total. The Kier molecular flexibility index (Phi) is 5.99. The molecule has 0 atom stereocenters. The van der Waals surface area contributed by atoms with Gasteiger partial charge in [-0.15, -0.1) is 0 Å². The summed E-state index contributed by atoms with van der Waals surface area (Å²) in [4.78, 5) is 16.4. The number of benzene rings is 2. The van der Waals surface area contributed by atoms with Crippen molar-refractivity contribution in [3.05, 3.63) is 87.9 Å². The van der Waals surface area contributed by atoms with E-state index in [-0.39, 0.29) is 11.6 Å². The van der Waals surface area contributed by atoms with Crippen LogP contribution in [-0.2, 0) is 16.1 Å². The van der Waals surface area contributed by atoms with Crippen molar-refractivity contribution in [3.63, 3.8) is 0 Å². The fourth-order valence-electron chi connectivity index (χ4n) is 2.82. The highest BCUT2D eigenvalue weighted by atomic mass is 79.9. The van der Waals surface area contributed by atoms with Crippen LogP contribution in [-0.4, -0.2) is 18.5 Å². The monoisotopic (exact) mass is 467 g/mol. The molecule has 1 aliphatic heterocycles. The standard InChI is InChI=1S/C23H18BrNO5/c1-2-27-21-13-16(7-10-19(21)29-14-15-5-8-17(24)9-6-15)12-18-23(26)30-22(25-18)20-4-3-11-28-20/h3-13H,2,14H2,1H3/b18-12-. The largest absolute Gasteiger partial charge is 0.490 e. The van der Waals surface area contributed by atoms with Crippen LogP contribution in [0.15, 0.2) is 80.4 Å². The minimum Gasteiger partial charge on any atom is -0.490 e. The first-order valence-corrected chi connectivity index (χ1v) is 10.1. The number of carbonyl (C=O) groups is 1. The summed E-state index contributed by atoms with van der Waals surface area (Å²) >= 11 is 3.42. The Morgan fingerprint density at radius 2 is 1.90 bits per heavy atom. The quantitative estimate of drug-likeness (QED) is 0.345. The van der Waals surface area contributed by atoms with Gasteiger partial charge in [-0.1, -0.05) is 34.1 Å². The highest BCUT2D eigenvalue weighted by molar-refractivity contribution is 9.10. The predicted octanol–water partition coefficient (Wildman–Crippen LogP) is 5.36. The molecule has 0 unspecified atom stereocenters. The smallest absolute Gasteiger partial charge is 0.363 e. The van der Waals surface area contributed by atoms with Gasteiger partial charge in [-0.25, -0.2) is 9.79 Å². The van der Waals surface area contributed by atoms with E-state index < -0.39 is 5.97 Å². The first-order chi connectivity index (χ1) is 14.6. The van der Waals surface area contributed by atoms with Crippen LogP contribution in [0.4, 0.5) is 0 Å². The molecule has 30 heavy (non-hydrogen) atoms. The molecule has 152 valence electrons. The zero-order valence-corrected chi connectivity index (χ0v) is 17.7. The third-order valence-corrected chi connectivity index (χ3v) is 4.76. The number of halogens is 1. The van der Waals surface area contributed by atoms with Gasteiger partial charge >= 0.3 is 5.97 Å². The summed E-state index contributed by atoms with van der Waals surface area (Å²) in [6.07, 6.45) is 3.13. The number of furan rings is 1. The zero-order chi connectivity index (χ0) is 20.9. The molecule has 3 aromatic rings. The molecule has 0 fully saturated rings. The van der Waals surface area contributed by atoms with E-state index in [1.165, 1.54) is 6.26 Å². The van der Waals surface area contributed by atoms with Gasteiger partial charge in [0, 0.05) is 4.47 Å². The maximum absolute atomic E-state index is 12.1. The van der Waals surface area contributed by atoms with E-state index in [9.17, 15) is 4.79 Å². The van der Waals surface area contributed by atoms with Gasteiger partial charge in [-0.2, -0.15) is 0 Å². The summed E-state index contributed by atoms with van der Waals surface area (Å²) in [6, 6.07) is 16.8. The normalized spacial score (nSPS) is 14.5. The third kappa shape index (κ3) is 4.63. The number of nitrogens with zero attached hydrogens (tertiary/aromatic N) is 1. The van der Waals surface area contributed by atoms with Crippen LogP contribution in [0.2, 0.25) is 0 Å². The summed E-state index contributed by atoms with van der Waals surface area (Å²) in [7, 11) is 0. The first-order valence-electron chi connectivity index (χ1n) is 9.33. The van der Waals surface area contributed by atoms with E-state index in [1.54, 1.807) is 24.3 Å². The summed E-state index contributed by atoms with van der Waals surface area (Å²) < 4.78 is 23.1. The lowest BCUT2D eigenvalue weighted by atomic mass is 10.1.